The molecule has 0 saturated carbocycles. The van der Waals surface area contributed by atoms with E-state index in [0.717, 1.165) is 17.5 Å². The van der Waals surface area contributed by atoms with Gasteiger partial charge in [0.15, 0.2) is 0 Å². The van der Waals surface area contributed by atoms with Crippen molar-refractivity contribution in [2.75, 3.05) is 6.54 Å². The van der Waals surface area contributed by atoms with Gasteiger partial charge >= 0.3 is 0 Å². The number of amides is 3. The molecular weight excluding hydrogens is 328 g/mol. The van der Waals surface area contributed by atoms with E-state index in [4.69, 9.17) is 0 Å². The highest BCUT2D eigenvalue weighted by atomic mass is 16.2. The summed E-state index contributed by atoms with van der Waals surface area (Å²) in [5.41, 5.74) is 3.47. The van der Waals surface area contributed by atoms with Crippen molar-refractivity contribution in [3.63, 3.8) is 0 Å². The Kier molecular flexibility index (Phi) is 5.79. The van der Waals surface area contributed by atoms with E-state index in [1.807, 2.05) is 30.3 Å². The second-order valence-corrected chi connectivity index (χ2v) is 6.62. The van der Waals surface area contributed by atoms with E-state index in [-0.39, 0.29) is 42.9 Å². The predicted octanol–water partition coefficient (Wildman–Crippen LogP) is 2.46. The van der Waals surface area contributed by atoms with Gasteiger partial charge in [-0.1, -0.05) is 54.6 Å². The summed E-state index contributed by atoms with van der Waals surface area (Å²) in [6.45, 7) is 0.532. The van der Waals surface area contributed by atoms with E-state index < -0.39 is 0 Å². The molecule has 0 radical (unpaired) electrons. The number of carbonyl (C=O) groups excluding carboxylic acids is 3. The molecule has 1 aliphatic rings. The first-order valence-corrected chi connectivity index (χ1v) is 8.84. The van der Waals surface area contributed by atoms with Crippen LogP contribution in [0.25, 0.3) is 11.1 Å². The minimum atomic E-state index is -0.295. The summed E-state index contributed by atoms with van der Waals surface area (Å²) in [5.74, 6) is -0.900. The normalized spacial score (nSPS) is 14.8. The minimum absolute atomic E-state index is 0.114. The molecule has 2 aromatic carbocycles. The summed E-state index contributed by atoms with van der Waals surface area (Å²) in [5, 5.41) is 5.14. The third-order valence-corrected chi connectivity index (χ3v) is 4.47. The van der Waals surface area contributed by atoms with Gasteiger partial charge in [0.05, 0.1) is 0 Å². The van der Waals surface area contributed by atoms with Crippen LogP contribution in [0.5, 0.6) is 0 Å². The van der Waals surface area contributed by atoms with E-state index >= 15 is 0 Å². The van der Waals surface area contributed by atoms with Crippen molar-refractivity contribution in [1.29, 1.82) is 0 Å². The Balaban J connectivity index is 1.48. The summed E-state index contributed by atoms with van der Waals surface area (Å²) in [4.78, 5) is 34.7. The highest BCUT2D eigenvalue weighted by molar-refractivity contribution is 5.98. The van der Waals surface area contributed by atoms with E-state index in [0.29, 0.717) is 6.54 Å². The van der Waals surface area contributed by atoms with Gasteiger partial charge in [-0.2, -0.15) is 0 Å². The maximum atomic E-state index is 12.0. The molecular formula is C21H22N2O3. The lowest BCUT2D eigenvalue weighted by molar-refractivity contribution is -0.135. The number of rotatable bonds is 6. The molecule has 1 aliphatic heterocycles. The average Bonchev–Trinajstić information content (AvgIpc) is 2.62. The molecule has 3 amide bonds. The molecule has 0 atom stereocenters. The maximum absolute atomic E-state index is 12.0. The topological polar surface area (TPSA) is 75.3 Å². The fraction of sp³-hybridized carbons (Fsp3) is 0.286. The van der Waals surface area contributed by atoms with Gasteiger partial charge in [-0.3, -0.25) is 19.7 Å². The zero-order valence-electron chi connectivity index (χ0n) is 14.5. The SMILES string of the molecule is O=C(CC1CC(=O)NC(=O)C1)NCCc1cccc(-c2ccccc2)c1. The van der Waals surface area contributed by atoms with E-state index in [9.17, 15) is 14.4 Å². The lowest BCUT2D eigenvalue weighted by atomic mass is 9.93. The Morgan fingerprint density at radius 2 is 1.65 bits per heavy atom. The van der Waals surface area contributed by atoms with Gasteiger partial charge in [-0.15, -0.1) is 0 Å². The van der Waals surface area contributed by atoms with Crippen LogP contribution in [-0.2, 0) is 20.8 Å². The molecule has 5 nitrogen and oxygen atoms in total. The molecule has 1 fully saturated rings. The summed E-state index contributed by atoms with van der Waals surface area (Å²) >= 11 is 0. The van der Waals surface area contributed by atoms with Gasteiger partial charge in [0.1, 0.15) is 0 Å². The number of benzene rings is 2. The Hall–Kier alpha value is -2.95. The first kappa shape index (κ1) is 17.9. The first-order chi connectivity index (χ1) is 12.6. The minimum Gasteiger partial charge on any atom is -0.356 e. The van der Waals surface area contributed by atoms with Gasteiger partial charge in [-0.05, 0) is 29.0 Å². The van der Waals surface area contributed by atoms with Crippen molar-refractivity contribution in [2.45, 2.75) is 25.7 Å². The van der Waals surface area contributed by atoms with Crippen molar-refractivity contribution in [3.05, 3.63) is 60.2 Å². The third-order valence-electron chi connectivity index (χ3n) is 4.47. The van der Waals surface area contributed by atoms with Crippen molar-refractivity contribution in [3.8, 4) is 11.1 Å². The number of hydrogen-bond acceptors (Lipinski definition) is 3. The zero-order chi connectivity index (χ0) is 18.4. The van der Waals surface area contributed by atoms with Crippen molar-refractivity contribution < 1.29 is 14.4 Å². The van der Waals surface area contributed by atoms with Crippen LogP contribution in [0.2, 0.25) is 0 Å². The van der Waals surface area contributed by atoms with Gasteiger partial charge in [0, 0.05) is 25.8 Å². The average molecular weight is 350 g/mol. The largest absolute Gasteiger partial charge is 0.356 e. The molecule has 1 heterocycles. The maximum Gasteiger partial charge on any atom is 0.226 e. The standard InChI is InChI=1S/C21H22N2O3/c24-19(12-16-13-20(25)23-21(26)14-16)22-10-9-15-5-4-8-18(11-15)17-6-2-1-3-7-17/h1-8,11,16H,9-10,12-14H2,(H,22,24)(H,23,25,26). The van der Waals surface area contributed by atoms with Crippen LogP contribution in [0.1, 0.15) is 24.8 Å². The van der Waals surface area contributed by atoms with Crippen molar-refractivity contribution in [2.24, 2.45) is 5.92 Å². The molecule has 3 rings (SSSR count). The predicted molar refractivity (Wildman–Crippen MR) is 99.1 cm³/mol. The van der Waals surface area contributed by atoms with Gasteiger partial charge < -0.3 is 5.32 Å². The molecule has 2 N–H and O–H groups in total. The molecule has 134 valence electrons. The zero-order valence-corrected chi connectivity index (χ0v) is 14.5. The summed E-state index contributed by atoms with van der Waals surface area (Å²) < 4.78 is 0. The summed E-state index contributed by atoms with van der Waals surface area (Å²) in [6.07, 6.45) is 1.41. The van der Waals surface area contributed by atoms with Crippen molar-refractivity contribution in [1.82, 2.24) is 10.6 Å². The molecule has 26 heavy (non-hydrogen) atoms. The quantitative estimate of drug-likeness (QED) is 0.786. The van der Waals surface area contributed by atoms with Crippen LogP contribution in [-0.4, -0.2) is 24.3 Å². The molecule has 0 spiro atoms. The monoisotopic (exact) mass is 350 g/mol. The second kappa shape index (κ2) is 8.43. The van der Waals surface area contributed by atoms with Gasteiger partial charge in [0.25, 0.3) is 0 Å². The van der Waals surface area contributed by atoms with Crippen LogP contribution in [0.4, 0.5) is 0 Å². The Labute approximate surface area is 152 Å². The first-order valence-electron chi connectivity index (χ1n) is 8.84. The van der Waals surface area contributed by atoms with Crippen molar-refractivity contribution >= 4 is 17.7 Å². The highest BCUT2D eigenvalue weighted by Crippen LogP contribution is 2.20. The number of carbonyl (C=O) groups is 3. The van der Waals surface area contributed by atoms with Crippen LogP contribution in [0.3, 0.4) is 0 Å². The molecule has 0 aromatic heterocycles. The Morgan fingerprint density at radius 1 is 0.962 bits per heavy atom. The van der Waals surface area contributed by atoms with Crippen LogP contribution in [0, 0.1) is 5.92 Å². The molecule has 2 aromatic rings. The molecule has 0 aliphatic carbocycles. The smallest absolute Gasteiger partial charge is 0.226 e. The van der Waals surface area contributed by atoms with Crippen LogP contribution < -0.4 is 10.6 Å². The van der Waals surface area contributed by atoms with Crippen LogP contribution in [0.15, 0.2) is 54.6 Å². The second-order valence-electron chi connectivity index (χ2n) is 6.62. The Morgan fingerprint density at radius 3 is 2.38 bits per heavy atom. The third kappa shape index (κ3) is 5.02. The molecule has 5 heteroatoms. The van der Waals surface area contributed by atoms with Gasteiger partial charge in [0.2, 0.25) is 17.7 Å². The number of piperidine rings is 1. The van der Waals surface area contributed by atoms with E-state index in [1.165, 1.54) is 5.56 Å². The van der Waals surface area contributed by atoms with E-state index in [1.54, 1.807) is 0 Å². The number of imide groups is 1. The lowest BCUT2D eigenvalue weighted by Gasteiger charge is -2.20. The number of hydrogen-bond donors (Lipinski definition) is 2. The van der Waals surface area contributed by atoms with Crippen LogP contribution >= 0.6 is 0 Å². The number of nitrogens with one attached hydrogen (secondary N) is 2. The fourth-order valence-corrected chi connectivity index (χ4v) is 3.22. The van der Waals surface area contributed by atoms with Gasteiger partial charge in [-0.25, -0.2) is 0 Å². The fourth-order valence-electron chi connectivity index (χ4n) is 3.22. The summed E-state index contributed by atoms with van der Waals surface area (Å²) in [6, 6.07) is 18.4. The molecule has 0 bridgehead atoms. The van der Waals surface area contributed by atoms with E-state index in [2.05, 4.69) is 34.9 Å². The Bertz CT molecular complexity index is 786. The lowest BCUT2D eigenvalue weighted by Crippen LogP contribution is -2.40. The summed E-state index contributed by atoms with van der Waals surface area (Å²) in [7, 11) is 0. The molecule has 1 saturated heterocycles. The molecule has 0 unspecified atom stereocenters. The highest BCUT2D eigenvalue weighted by Gasteiger charge is 2.26.